The fraction of sp³-hybridized carbons (Fsp3) is 0.649. The standard InChI is InChI=1S/C37H55N3O6/c1-27(32-16-9-10-21-38-32)12-11-13-28(2)35-29(3)17-18-33(37(4,44)20-19-31(41)26-34(42)46-35)45-36(43)40-24-22-39(23-25-40)30-14-7-5-6-8-15-30/h9-13,16-18,21,27,29-31,33,35,41,44H,5-8,14-15,19-20,22-26H2,1-4H3/b12-11+,18-17+,28-13+/t27?,29-,31-,33-,35+,37-/m0/s1. The van der Waals surface area contributed by atoms with Crippen molar-refractivity contribution in [3.05, 3.63) is 66.0 Å². The van der Waals surface area contributed by atoms with Gasteiger partial charge in [0.25, 0.3) is 0 Å². The molecule has 3 heterocycles. The van der Waals surface area contributed by atoms with Crippen molar-refractivity contribution in [1.29, 1.82) is 0 Å². The molecular formula is C37H55N3O6. The SMILES string of the molecule is C/C(=C\C=C\C(C)c1ccccn1)[C@H]1OC(=O)C[C@@H](O)CC[C@](C)(O)[C@@H](OC(=O)N2CCN(C3CCCCCC3)CC2)/C=C/[C@@H]1C. The molecule has 9 nitrogen and oxygen atoms in total. The van der Waals surface area contributed by atoms with Crippen LogP contribution >= 0.6 is 0 Å². The lowest BCUT2D eigenvalue weighted by atomic mass is 9.88. The number of hydrogen-bond acceptors (Lipinski definition) is 8. The van der Waals surface area contributed by atoms with Crippen LogP contribution in [0.15, 0.2) is 60.3 Å². The van der Waals surface area contributed by atoms with Gasteiger partial charge in [-0.15, -0.1) is 0 Å². The average Bonchev–Trinajstić information content (AvgIpc) is 3.34. The number of esters is 1. The quantitative estimate of drug-likeness (QED) is 0.171. The zero-order valence-corrected chi connectivity index (χ0v) is 28.2. The number of nitrogens with zero attached hydrogens (tertiary/aromatic N) is 3. The number of carbonyl (C=O) groups is 2. The number of carbonyl (C=O) groups excluding carboxylic acids is 2. The summed E-state index contributed by atoms with van der Waals surface area (Å²) in [5.41, 5.74) is 0.345. The summed E-state index contributed by atoms with van der Waals surface area (Å²) in [6.07, 6.45) is 16.0. The van der Waals surface area contributed by atoms with E-state index >= 15 is 0 Å². The van der Waals surface area contributed by atoms with E-state index in [0.717, 1.165) is 24.4 Å². The Hall–Kier alpha value is -3.01. The van der Waals surface area contributed by atoms with Crippen molar-refractivity contribution in [3.63, 3.8) is 0 Å². The summed E-state index contributed by atoms with van der Waals surface area (Å²) >= 11 is 0. The third-order valence-corrected chi connectivity index (χ3v) is 9.83. The van der Waals surface area contributed by atoms with E-state index in [1.54, 1.807) is 24.1 Å². The van der Waals surface area contributed by atoms with Gasteiger partial charge in [0, 0.05) is 55.9 Å². The molecule has 1 unspecified atom stereocenters. The minimum Gasteiger partial charge on any atom is -0.457 e. The molecule has 1 amide bonds. The Morgan fingerprint density at radius 2 is 1.83 bits per heavy atom. The van der Waals surface area contributed by atoms with Gasteiger partial charge in [0.1, 0.15) is 11.7 Å². The molecular weight excluding hydrogens is 582 g/mol. The number of ether oxygens (including phenoxy) is 2. The van der Waals surface area contributed by atoms with Crippen LogP contribution in [0.25, 0.3) is 0 Å². The number of rotatable bonds is 6. The van der Waals surface area contributed by atoms with Gasteiger partial charge in [-0.05, 0) is 63.3 Å². The molecule has 0 aromatic carbocycles. The molecule has 4 rings (SSSR count). The van der Waals surface area contributed by atoms with E-state index in [4.69, 9.17) is 9.47 Å². The fourth-order valence-corrected chi connectivity index (χ4v) is 6.74. The topological polar surface area (TPSA) is 112 Å². The number of pyridine rings is 1. The zero-order valence-electron chi connectivity index (χ0n) is 28.2. The molecule has 1 saturated heterocycles. The third-order valence-electron chi connectivity index (χ3n) is 9.83. The summed E-state index contributed by atoms with van der Waals surface area (Å²) in [5, 5.41) is 22.1. The highest BCUT2D eigenvalue weighted by atomic mass is 16.6. The lowest BCUT2D eigenvalue weighted by Crippen LogP contribution is -2.53. The van der Waals surface area contributed by atoms with Crippen LogP contribution in [0.4, 0.5) is 4.79 Å². The van der Waals surface area contributed by atoms with Gasteiger partial charge in [0.05, 0.1) is 12.5 Å². The predicted octanol–water partition coefficient (Wildman–Crippen LogP) is 5.93. The lowest BCUT2D eigenvalue weighted by Gasteiger charge is -2.40. The molecule has 0 spiro atoms. The smallest absolute Gasteiger partial charge is 0.410 e. The normalized spacial score (nSPS) is 31.3. The Labute approximate surface area is 275 Å². The molecule has 9 heteroatoms. The maximum atomic E-state index is 13.4. The van der Waals surface area contributed by atoms with Crippen LogP contribution in [0.1, 0.15) is 97.1 Å². The van der Waals surface area contributed by atoms with Crippen molar-refractivity contribution in [3.8, 4) is 0 Å². The zero-order chi connectivity index (χ0) is 33.1. The molecule has 254 valence electrons. The number of aliphatic hydroxyl groups excluding tert-OH is 1. The van der Waals surface area contributed by atoms with Crippen LogP contribution in [0, 0.1) is 5.92 Å². The number of amides is 1. The molecule has 0 bridgehead atoms. The van der Waals surface area contributed by atoms with Crippen LogP contribution in [-0.2, 0) is 14.3 Å². The largest absolute Gasteiger partial charge is 0.457 e. The van der Waals surface area contributed by atoms with Gasteiger partial charge in [-0.1, -0.05) is 69.9 Å². The maximum absolute atomic E-state index is 13.4. The summed E-state index contributed by atoms with van der Waals surface area (Å²) in [7, 11) is 0. The van der Waals surface area contributed by atoms with Gasteiger partial charge in [0.15, 0.2) is 6.10 Å². The molecule has 46 heavy (non-hydrogen) atoms. The number of hydrogen-bond donors (Lipinski definition) is 2. The highest BCUT2D eigenvalue weighted by Gasteiger charge is 2.37. The maximum Gasteiger partial charge on any atom is 0.410 e. The Kier molecular flexibility index (Phi) is 13.4. The van der Waals surface area contributed by atoms with E-state index in [0.29, 0.717) is 19.1 Å². The van der Waals surface area contributed by atoms with Crippen molar-refractivity contribution in [1.82, 2.24) is 14.8 Å². The Morgan fingerprint density at radius 1 is 1.11 bits per heavy atom. The van der Waals surface area contributed by atoms with Crippen molar-refractivity contribution < 1.29 is 29.3 Å². The molecule has 0 radical (unpaired) electrons. The summed E-state index contributed by atoms with van der Waals surface area (Å²) in [6.45, 7) is 10.4. The van der Waals surface area contributed by atoms with E-state index in [9.17, 15) is 19.8 Å². The third kappa shape index (κ3) is 10.5. The van der Waals surface area contributed by atoms with Gasteiger partial charge < -0.3 is 24.6 Å². The molecule has 2 N–H and O–H groups in total. The molecule has 1 aliphatic carbocycles. The van der Waals surface area contributed by atoms with Gasteiger partial charge in [-0.3, -0.25) is 14.7 Å². The summed E-state index contributed by atoms with van der Waals surface area (Å²) in [6, 6.07) is 6.43. The Morgan fingerprint density at radius 3 is 2.50 bits per heavy atom. The summed E-state index contributed by atoms with van der Waals surface area (Å²) < 4.78 is 11.9. The Bertz CT molecular complexity index is 1200. The molecule has 2 aliphatic heterocycles. The first-order valence-corrected chi connectivity index (χ1v) is 17.3. The monoisotopic (exact) mass is 637 g/mol. The second-order valence-electron chi connectivity index (χ2n) is 13.7. The number of cyclic esters (lactones) is 1. The van der Waals surface area contributed by atoms with Crippen molar-refractivity contribution in [2.75, 3.05) is 26.2 Å². The van der Waals surface area contributed by atoms with Crippen LogP contribution in [0.2, 0.25) is 0 Å². The first kappa shape index (κ1) is 35.8. The number of aromatic nitrogens is 1. The number of piperazine rings is 1. The summed E-state index contributed by atoms with van der Waals surface area (Å²) in [5.74, 6) is -0.685. The van der Waals surface area contributed by atoms with Crippen LogP contribution in [0.3, 0.4) is 0 Å². The van der Waals surface area contributed by atoms with E-state index < -0.39 is 36.0 Å². The minimum absolute atomic E-state index is 0.106. The van der Waals surface area contributed by atoms with Gasteiger partial charge in [-0.25, -0.2) is 4.79 Å². The minimum atomic E-state index is -1.44. The lowest BCUT2D eigenvalue weighted by molar-refractivity contribution is -0.151. The van der Waals surface area contributed by atoms with Crippen molar-refractivity contribution in [2.24, 2.45) is 5.92 Å². The fourth-order valence-electron chi connectivity index (χ4n) is 6.74. The average molecular weight is 638 g/mol. The molecule has 1 aromatic heterocycles. The molecule has 3 aliphatic rings. The van der Waals surface area contributed by atoms with Crippen molar-refractivity contribution >= 4 is 12.1 Å². The van der Waals surface area contributed by atoms with Crippen LogP contribution < -0.4 is 0 Å². The molecule has 2 fully saturated rings. The predicted molar refractivity (Wildman–Crippen MR) is 179 cm³/mol. The van der Waals surface area contributed by atoms with E-state index in [1.165, 1.54) is 38.5 Å². The number of aliphatic hydroxyl groups is 2. The van der Waals surface area contributed by atoms with Gasteiger partial charge in [-0.2, -0.15) is 0 Å². The first-order chi connectivity index (χ1) is 22.0. The second kappa shape index (κ2) is 17.2. The highest BCUT2D eigenvalue weighted by molar-refractivity contribution is 5.70. The second-order valence-corrected chi connectivity index (χ2v) is 13.7. The van der Waals surface area contributed by atoms with E-state index in [2.05, 4.69) is 16.8 Å². The van der Waals surface area contributed by atoms with Crippen molar-refractivity contribution in [2.45, 2.75) is 121 Å². The summed E-state index contributed by atoms with van der Waals surface area (Å²) in [4.78, 5) is 34.9. The van der Waals surface area contributed by atoms with Crippen LogP contribution in [0.5, 0.6) is 0 Å². The van der Waals surface area contributed by atoms with Crippen LogP contribution in [-0.4, -0.2) is 93.2 Å². The Balaban J connectivity index is 1.45. The van der Waals surface area contributed by atoms with Gasteiger partial charge >= 0.3 is 12.1 Å². The van der Waals surface area contributed by atoms with E-state index in [1.807, 2.05) is 56.4 Å². The van der Waals surface area contributed by atoms with E-state index in [-0.39, 0.29) is 31.1 Å². The molecule has 6 atom stereocenters. The number of allylic oxidation sites excluding steroid dienone is 3. The molecule has 1 aromatic rings. The highest BCUT2D eigenvalue weighted by Crippen LogP contribution is 2.28. The van der Waals surface area contributed by atoms with Gasteiger partial charge in [0.2, 0.25) is 0 Å². The first-order valence-electron chi connectivity index (χ1n) is 17.3. The molecule has 1 saturated carbocycles.